The van der Waals surface area contributed by atoms with E-state index in [-0.39, 0.29) is 0 Å². The number of anilines is 2. The zero-order chi connectivity index (χ0) is 19.2. The van der Waals surface area contributed by atoms with Gasteiger partial charge in [-0.2, -0.15) is 9.61 Å². The normalized spacial score (nSPS) is 15.0. The topological polar surface area (TPSA) is 70.4 Å². The van der Waals surface area contributed by atoms with Crippen LogP contribution in [0.5, 0.6) is 0 Å². The number of pyridine rings is 1. The largest absolute Gasteiger partial charge is 0.370 e. The Morgan fingerprint density at radius 3 is 2.82 bits per heavy atom. The van der Waals surface area contributed by atoms with Crippen molar-refractivity contribution >= 4 is 17.3 Å². The van der Waals surface area contributed by atoms with Gasteiger partial charge in [0.15, 0.2) is 5.65 Å². The lowest BCUT2D eigenvalue weighted by molar-refractivity contribution is 0.228. The molecule has 0 spiro atoms. The fraction of sp³-hybridized carbons (Fsp3) is 0.476. The lowest BCUT2D eigenvalue weighted by atomic mass is 10.1. The number of hydrogen-bond donors (Lipinski definition) is 2. The Labute approximate surface area is 166 Å². The Hall–Kier alpha value is -2.67. The first-order valence-electron chi connectivity index (χ1n) is 10.2. The second kappa shape index (κ2) is 9.01. The predicted octanol–water partition coefficient (Wildman–Crippen LogP) is 3.33. The molecular formula is C21H29N7. The van der Waals surface area contributed by atoms with E-state index in [4.69, 9.17) is 4.98 Å². The Balaban J connectivity index is 1.40. The van der Waals surface area contributed by atoms with Gasteiger partial charge in [0, 0.05) is 37.1 Å². The number of aromatic nitrogens is 4. The van der Waals surface area contributed by atoms with Crippen LogP contribution in [-0.2, 0) is 6.54 Å². The van der Waals surface area contributed by atoms with Gasteiger partial charge in [0.25, 0.3) is 0 Å². The third-order valence-electron chi connectivity index (χ3n) is 5.25. The molecule has 0 bridgehead atoms. The molecule has 0 saturated carbocycles. The van der Waals surface area contributed by atoms with Crippen LogP contribution in [0.2, 0.25) is 0 Å². The second-order valence-corrected chi connectivity index (χ2v) is 7.49. The Bertz CT molecular complexity index is 884. The molecule has 1 saturated heterocycles. The van der Waals surface area contributed by atoms with E-state index in [1.54, 1.807) is 6.20 Å². The fourth-order valence-electron chi connectivity index (χ4n) is 3.69. The highest BCUT2D eigenvalue weighted by Crippen LogP contribution is 2.19. The summed E-state index contributed by atoms with van der Waals surface area (Å²) < 4.78 is 1.87. The summed E-state index contributed by atoms with van der Waals surface area (Å²) in [6.07, 6.45) is 10.7. The average molecular weight is 380 g/mol. The van der Waals surface area contributed by atoms with Crippen LogP contribution in [0.25, 0.3) is 5.65 Å². The highest BCUT2D eigenvalue weighted by Gasteiger charge is 2.11. The van der Waals surface area contributed by atoms with Gasteiger partial charge in [-0.25, -0.2) is 4.98 Å². The Morgan fingerprint density at radius 2 is 2.00 bits per heavy atom. The standard InChI is InChI=1S/C21H29N7/c1-17-14-25-28-20(24-16-18-7-5-8-22-15-18)13-19(26-21(17)28)23-9-6-12-27-10-3-2-4-11-27/h5,7-8,13-15,24H,2-4,6,9-12,16H2,1H3,(H,23,26). The molecule has 7 heteroatoms. The molecule has 4 heterocycles. The summed E-state index contributed by atoms with van der Waals surface area (Å²) in [7, 11) is 0. The maximum atomic E-state index is 4.76. The van der Waals surface area contributed by atoms with Crippen molar-refractivity contribution in [1.82, 2.24) is 24.5 Å². The molecule has 0 atom stereocenters. The summed E-state index contributed by atoms with van der Waals surface area (Å²) in [6, 6.07) is 6.05. The molecule has 0 aliphatic carbocycles. The SMILES string of the molecule is Cc1cnn2c(NCc3cccnc3)cc(NCCCN3CCCCC3)nc12. The number of nitrogens with one attached hydrogen (secondary N) is 2. The van der Waals surface area contributed by atoms with Crippen molar-refractivity contribution < 1.29 is 0 Å². The molecule has 3 aromatic heterocycles. The van der Waals surface area contributed by atoms with Gasteiger partial charge in [-0.1, -0.05) is 12.5 Å². The van der Waals surface area contributed by atoms with Crippen molar-refractivity contribution in [2.45, 2.75) is 39.2 Å². The number of fused-ring (bicyclic) bond motifs is 1. The average Bonchev–Trinajstić information content (AvgIpc) is 3.12. The second-order valence-electron chi connectivity index (χ2n) is 7.49. The van der Waals surface area contributed by atoms with Crippen LogP contribution < -0.4 is 10.6 Å². The first-order valence-corrected chi connectivity index (χ1v) is 10.2. The van der Waals surface area contributed by atoms with Gasteiger partial charge in [-0.15, -0.1) is 0 Å². The van der Waals surface area contributed by atoms with E-state index in [1.807, 2.05) is 36.0 Å². The molecule has 1 aliphatic heterocycles. The maximum Gasteiger partial charge on any atom is 0.162 e. The number of nitrogens with zero attached hydrogens (tertiary/aromatic N) is 5. The molecule has 2 N–H and O–H groups in total. The van der Waals surface area contributed by atoms with E-state index in [2.05, 4.69) is 31.7 Å². The number of aryl methyl sites for hydroxylation is 1. The quantitative estimate of drug-likeness (QED) is 0.585. The van der Waals surface area contributed by atoms with Crippen molar-refractivity contribution in [3.05, 3.63) is 47.9 Å². The molecule has 1 fully saturated rings. The zero-order valence-corrected chi connectivity index (χ0v) is 16.6. The van der Waals surface area contributed by atoms with Gasteiger partial charge in [-0.3, -0.25) is 4.98 Å². The third-order valence-corrected chi connectivity index (χ3v) is 5.25. The number of rotatable bonds is 8. The van der Waals surface area contributed by atoms with E-state index < -0.39 is 0 Å². The molecule has 1 aliphatic rings. The van der Waals surface area contributed by atoms with Crippen LogP contribution in [0.15, 0.2) is 36.8 Å². The van der Waals surface area contributed by atoms with Gasteiger partial charge < -0.3 is 15.5 Å². The summed E-state index contributed by atoms with van der Waals surface area (Å²) in [5.41, 5.74) is 3.09. The Morgan fingerprint density at radius 1 is 1.11 bits per heavy atom. The smallest absolute Gasteiger partial charge is 0.162 e. The van der Waals surface area contributed by atoms with Crippen LogP contribution in [0.4, 0.5) is 11.6 Å². The summed E-state index contributed by atoms with van der Waals surface area (Å²) in [6.45, 7) is 7.33. The lowest BCUT2D eigenvalue weighted by Crippen LogP contribution is -2.31. The monoisotopic (exact) mass is 379 g/mol. The summed E-state index contributed by atoms with van der Waals surface area (Å²) >= 11 is 0. The number of hydrogen-bond acceptors (Lipinski definition) is 6. The summed E-state index contributed by atoms with van der Waals surface area (Å²) in [5.74, 6) is 1.82. The van der Waals surface area contributed by atoms with Gasteiger partial charge >= 0.3 is 0 Å². The van der Waals surface area contributed by atoms with Crippen LogP contribution in [0, 0.1) is 6.92 Å². The van der Waals surface area contributed by atoms with Crippen molar-refractivity contribution in [2.24, 2.45) is 0 Å². The molecule has 4 rings (SSSR count). The first kappa shape index (κ1) is 18.7. The van der Waals surface area contributed by atoms with Crippen molar-refractivity contribution in [2.75, 3.05) is 36.8 Å². The minimum Gasteiger partial charge on any atom is -0.370 e. The van der Waals surface area contributed by atoms with E-state index in [0.29, 0.717) is 6.54 Å². The van der Waals surface area contributed by atoms with Gasteiger partial charge in [0.2, 0.25) is 0 Å². The van der Waals surface area contributed by atoms with Gasteiger partial charge in [-0.05, 0) is 57.5 Å². The van der Waals surface area contributed by atoms with Crippen LogP contribution in [0.3, 0.4) is 0 Å². The minimum absolute atomic E-state index is 0.695. The Kier molecular flexibility index (Phi) is 6.01. The molecule has 28 heavy (non-hydrogen) atoms. The van der Waals surface area contributed by atoms with Crippen LogP contribution in [0.1, 0.15) is 36.8 Å². The zero-order valence-electron chi connectivity index (χ0n) is 16.6. The van der Waals surface area contributed by atoms with Crippen molar-refractivity contribution in [3.63, 3.8) is 0 Å². The molecule has 0 radical (unpaired) electrons. The highest BCUT2D eigenvalue weighted by atomic mass is 15.3. The summed E-state index contributed by atoms with van der Waals surface area (Å²) in [4.78, 5) is 11.5. The molecule has 0 amide bonds. The van der Waals surface area contributed by atoms with Crippen LogP contribution >= 0.6 is 0 Å². The van der Waals surface area contributed by atoms with Gasteiger partial charge in [0.05, 0.1) is 6.20 Å². The molecular weight excluding hydrogens is 350 g/mol. The molecule has 7 nitrogen and oxygen atoms in total. The van der Waals surface area contributed by atoms with E-state index in [0.717, 1.165) is 47.9 Å². The third kappa shape index (κ3) is 4.59. The summed E-state index contributed by atoms with van der Waals surface area (Å²) in [5, 5.41) is 11.4. The fourth-order valence-corrected chi connectivity index (χ4v) is 3.69. The van der Waals surface area contributed by atoms with Crippen LogP contribution in [-0.4, -0.2) is 50.7 Å². The number of piperidine rings is 1. The molecule has 148 valence electrons. The van der Waals surface area contributed by atoms with Gasteiger partial charge in [0.1, 0.15) is 11.6 Å². The van der Waals surface area contributed by atoms with Crippen molar-refractivity contribution in [1.29, 1.82) is 0 Å². The molecule has 0 unspecified atom stereocenters. The highest BCUT2D eigenvalue weighted by molar-refractivity contribution is 5.59. The van der Waals surface area contributed by atoms with E-state index in [1.165, 1.54) is 32.4 Å². The molecule has 0 aromatic carbocycles. The number of likely N-dealkylation sites (tertiary alicyclic amines) is 1. The lowest BCUT2D eigenvalue weighted by Gasteiger charge is -2.26. The minimum atomic E-state index is 0.695. The molecule has 3 aromatic rings. The van der Waals surface area contributed by atoms with Crippen molar-refractivity contribution in [3.8, 4) is 0 Å². The first-order chi connectivity index (χ1) is 13.8. The van der Waals surface area contributed by atoms with E-state index in [9.17, 15) is 0 Å². The van der Waals surface area contributed by atoms with E-state index >= 15 is 0 Å². The maximum absolute atomic E-state index is 4.76. The predicted molar refractivity (Wildman–Crippen MR) is 113 cm³/mol.